The van der Waals surface area contributed by atoms with Crippen LogP contribution in [0.4, 0.5) is 5.69 Å². The third kappa shape index (κ3) is 3.37. The largest absolute Gasteiger partial charge is 0.322 e. The van der Waals surface area contributed by atoms with Crippen molar-refractivity contribution in [2.45, 2.75) is 11.8 Å². The van der Waals surface area contributed by atoms with E-state index in [0.717, 1.165) is 11.4 Å². The van der Waals surface area contributed by atoms with Crippen LogP contribution >= 0.6 is 11.8 Å². The molecule has 3 heteroatoms. The number of benzene rings is 2. The molecular weight excluding hydrogens is 242 g/mol. The molecule has 0 unspecified atom stereocenters. The molecule has 0 aliphatic carbocycles. The summed E-state index contributed by atoms with van der Waals surface area (Å²) in [5.74, 6) is 0.974. The lowest BCUT2D eigenvalue weighted by molar-refractivity contribution is 0.102. The molecule has 18 heavy (non-hydrogen) atoms. The van der Waals surface area contributed by atoms with Gasteiger partial charge in [0.2, 0.25) is 0 Å². The van der Waals surface area contributed by atoms with Gasteiger partial charge in [0.25, 0.3) is 5.91 Å². The Bertz CT molecular complexity index is 508. The van der Waals surface area contributed by atoms with Crippen molar-refractivity contribution in [1.82, 2.24) is 0 Å². The third-order valence-electron chi connectivity index (χ3n) is 2.46. The smallest absolute Gasteiger partial charge is 0.255 e. The fourth-order valence-corrected chi connectivity index (χ4v) is 2.26. The van der Waals surface area contributed by atoms with Gasteiger partial charge in [0, 0.05) is 16.1 Å². The maximum atomic E-state index is 11.9. The minimum Gasteiger partial charge on any atom is -0.322 e. The van der Waals surface area contributed by atoms with Gasteiger partial charge in [0.05, 0.1) is 0 Å². The molecule has 0 fully saturated rings. The molecule has 92 valence electrons. The van der Waals surface area contributed by atoms with Gasteiger partial charge in [-0.25, -0.2) is 0 Å². The summed E-state index contributed by atoms with van der Waals surface area (Å²) in [6.45, 7) is 2.12. The van der Waals surface area contributed by atoms with Crippen molar-refractivity contribution in [1.29, 1.82) is 0 Å². The Hall–Kier alpha value is -1.74. The number of hydrogen-bond donors (Lipinski definition) is 1. The zero-order chi connectivity index (χ0) is 12.8. The quantitative estimate of drug-likeness (QED) is 0.837. The van der Waals surface area contributed by atoms with E-state index in [9.17, 15) is 4.79 Å². The fourth-order valence-electron chi connectivity index (χ4n) is 1.59. The number of carbonyl (C=O) groups is 1. The minimum atomic E-state index is -0.0773. The number of nitrogens with one attached hydrogen (secondary N) is 1. The molecule has 0 spiro atoms. The van der Waals surface area contributed by atoms with Gasteiger partial charge in [-0.05, 0) is 42.2 Å². The van der Waals surface area contributed by atoms with Crippen LogP contribution in [0.1, 0.15) is 17.3 Å². The topological polar surface area (TPSA) is 29.1 Å². The van der Waals surface area contributed by atoms with Gasteiger partial charge in [-0.3, -0.25) is 4.79 Å². The molecule has 2 rings (SSSR count). The molecule has 0 aromatic heterocycles. The minimum absolute atomic E-state index is 0.0773. The second kappa shape index (κ2) is 6.26. The van der Waals surface area contributed by atoms with Crippen LogP contribution < -0.4 is 5.32 Å². The van der Waals surface area contributed by atoms with Gasteiger partial charge >= 0.3 is 0 Å². The maximum absolute atomic E-state index is 11.9. The highest BCUT2D eigenvalue weighted by Crippen LogP contribution is 2.20. The lowest BCUT2D eigenvalue weighted by atomic mass is 10.2. The monoisotopic (exact) mass is 257 g/mol. The first-order valence-electron chi connectivity index (χ1n) is 5.89. The Morgan fingerprint density at radius 1 is 1.06 bits per heavy atom. The third-order valence-corrected chi connectivity index (χ3v) is 3.35. The van der Waals surface area contributed by atoms with Gasteiger partial charge in [0.15, 0.2) is 0 Å². The Morgan fingerprint density at radius 2 is 1.72 bits per heavy atom. The van der Waals surface area contributed by atoms with Crippen LogP contribution in [0.15, 0.2) is 59.5 Å². The summed E-state index contributed by atoms with van der Waals surface area (Å²) in [4.78, 5) is 13.1. The summed E-state index contributed by atoms with van der Waals surface area (Å²) < 4.78 is 0. The predicted octanol–water partition coefficient (Wildman–Crippen LogP) is 4.05. The van der Waals surface area contributed by atoms with E-state index >= 15 is 0 Å². The van der Waals surface area contributed by atoms with Gasteiger partial charge in [0.1, 0.15) is 0 Å². The van der Waals surface area contributed by atoms with Crippen molar-refractivity contribution in [2.75, 3.05) is 11.1 Å². The molecule has 0 aliphatic rings. The lowest BCUT2D eigenvalue weighted by Gasteiger charge is -2.06. The van der Waals surface area contributed by atoms with E-state index in [4.69, 9.17) is 0 Å². The number of anilines is 1. The van der Waals surface area contributed by atoms with E-state index in [1.807, 2.05) is 42.5 Å². The van der Waals surface area contributed by atoms with Crippen molar-refractivity contribution in [3.8, 4) is 0 Å². The average molecular weight is 257 g/mol. The van der Waals surface area contributed by atoms with Crippen LogP contribution in [0.5, 0.6) is 0 Å². The highest BCUT2D eigenvalue weighted by Gasteiger charge is 2.04. The first-order chi connectivity index (χ1) is 8.79. The summed E-state index contributed by atoms with van der Waals surface area (Å²) in [7, 11) is 0. The van der Waals surface area contributed by atoms with E-state index in [1.165, 1.54) is 4.90 Å². The van der Waals surface area contributed by atoms with Crippen molar-refractivity contribution >= 4 is 23.4 Å². The van der Waals surface area contributed by atoms with Gasteiger partial charge in [-0.15, -0.1) is 11.8 Å². The standard InChI is InChI=1S/C15H15NOS/c1-2-18-14-10-8-13(9-11-14)16-15(17)12-6-4-3-5-7-12/h3-11H,2H2,1H3,(H,16,17). The number of amides is 1. The lowest BCUT2D eigenvalue weighted by Crippen LogP contribution is -2.11. The van der Waals surface area contributed by atoms with E-state index < -0.39 is 0 Å². The van der Waals surface area contributed by atoms with Crippen LogP contribution in [0.3, 0.4) is 0 Å². The summed E-state index contributed by atoms with van der Waals surface area (Å²) in [6, 6.07) is 17.1. The molecule has 2 nitrogen and oxygen atoms in total. The second-order valence-electron chi connectivity index (χ2n) is 3.78. The molecule has 0 atom stereocenters. The van der Waals surface area contributed by atoms with E-state index in [-0.39, 0.29) is 5.91 Å². The van der Waals surface area contributed by atoms with Crippen LogP contribution in [0.25, 0.3) is 0 Å². The van der Waals surface area contributed by atoms with E-state index in [1.54, 1.807) is 23.9 Å². The zero-order valence-electron chi connectivity index (χ0n) is 10.2. The van der Waals surface area contributed by atoms with Gasteiger partial charge in [-0.1, -0.05) is 25.1 Å². The highest BCUT2D eigenvalue weighted by atomic mass is 32.2. The van der Waals surface area contributed by atoms with Gasteiger partial charge < -0.3 is 5.32 Å². The fraction of sp³-hybridized carbons (Fsp3) is 0.133. The molecule has 1 N–H and O–H groups in total. The Balaban J connectivity index is 2.03. The van der Waals surface area contributed by atoms with Crippen molar-refractivity contribution in [2.24, 2.45) is 0 Å². The van der Waals surface area contributed by atoms with Crippen molar-refractivity contribution in [3.63, 3.8) is 0 Å². The van der Waals surface area contributed by atoms with Crippen LogP contribution in [0, 0.1) is 0 Å². The summed E-state index contributed by atoms with van der Waals surface area (Å²) in [5.41, 5.74) is 1.49. The molecule has 0 aliphatic heterocycles. The molecule has 0 radical (unpaired) electrons. The molecule has 0 bridgehead atoms. The van der Waals surface area contributed by atoms with Crippen molar-refractivity contribution < 1.29 is 4.79 Å². The summed E-state index contributed by atoms with van der Waals surface area (Å²) >= 11 is 1.79. The molecule has 2 aromatic carbocycles. The first kappa shape index (κ1) is 12.7. The highest BCUT2D eigenvalue weighted by molar-refractivity contribution is 7.99. The maximum Gasteiger partial charge on any atom is 0.255 e. The Kier molecular flexibility index (Phi) is 4.42. The molecule has 0 saturated carbocycles. The number of rotatable bonds is 4. The Labute approximate surface area is 111 Å². The second-order valence-corrected chi connectivity index (χ2v) is 5.11. The van der Waals surface area contributed by atoms with Crippen LogP contribution in [-0.2, 0) is 0 Å². The SMILES string of the molecule is CCSc1ccc(NC(=O)c2ccccc2)cc1. The summed E-state index contributed by atoms with van der Waals surface area (Å²) in [6.07, 6.45) is 0. The number of carbonyl (C=O) groups excluding carboxylic acids is 1. The first-order valence-corrected chi connectivity index (χ1v) is 6.87. The molecule has 0 saturated heterocycles. The van der Waals surface area contributed by atoms with E-state index in [2.05, 4.69) is 12.2 Å². The molecular formula is C15H15NOS. The normalized spacial score (nSPS) is 10.1. The van der Waals surface area contributed by atoms with Crippen molar-refractivity contribution in [3.05, 3.63) is 60.2 Å². The van der Waals surface area contributed by atoms with E-state index in [0.29, 0.717) is 5.56 Å². The number of thioether (sulfide) groups is 1. The zero-order valence-corrected chi connectivity index (χ0v) is 11.0. The summed E-state index contributed by atoms with van der Waals surface area (Å²) in [5, 5.41) is 2.88. The Morgan fingerprint density at radius 3 is 2.33 bits per heavy atom. The van der Waals surface area contributed by atoms with Gasteiger partial charge in [-0.2, -0.15) is 0 Å². The number of hydrogen-bond acceptors (Lipinski definition) is 2. The molecule has 0 heterocycles. The van der Waals surface area contributed by atoms with Crippen LogP contribution in [0.2, 0.25) is 0 Å². The predicted molar refractivity (Wildman–Crippen MR) is 77.2 cm³/mol. The molecule has 1 amide bonds. The van der Waals surface area contributed by atoms with Crippen LogP contribution in [-0.4, -0.2) is 11.7 Å². The molecule has 2 aromatic rings. The average Bonchev–Trinajstić information content (AvgIpc) is 2.42.